The van der Waals surface area contributed by atoms with Crippen LogP contribution < -0.4 is 0 Å². The van der Waals surface area contributed by atoms with Crippen molar-refractivity contribution in [3.8, 4) is 0 Å². The third kappa shape index (κ3) is 21.1. The number of hydrogen-bond donors (Lipinski definition) is 0. The summed E-state index contributed by atoms with van der Waals surface area (Å²) in [6, 6.07) is 0. The van der Waals surface area contributed by atoms with Crippen LogP contribution in [-0.2, 0) is 28.5 Å². The molecule has 8 nitrogen and oxygen atoms in total. The number of carbonyl (C=O) groups excluding carboxylic acids is 3. The summed E-state index contributed by atoms with van der Waals surface area (Å²) in [6.07, 6.45) is 18.6. The van der Waals surface area contributed by atoms with E-state index < -0.39 is 24.4 Å². The third-order valence-corrected chi connectivity index (χ3v) is 4.75. The molecule has 0 N–H and O–H groups in total. The van der Waals surface area contributed by atoms with E-state index >= 15 is 0 Å². The Bertz CT molecular complexity index is 571. The van der Waals surface area contributed by atoms with Crippen molar-refractivity contribution in [2.24, 2.45) is 0 Å². The molecular weight excluding hydrogens is 428 g/mol. The molecule has 1 atom stereocenters. The average Bonchev–Trinajstić information content (AvgIpc) is 2.82. The molecule has 0 bridgehead atoms. The van der Waals surface area contributed by atoms with E-state index in [1.807, 2.05) is 0 Å². The first-order chi connectivity index (χ1) is 16.0. The lowest BCUT2D eigenvalue weighted by molar-refractivity contribution is -0.148. The van der Waals surface area contributed by atoms with Gasteiger partial charge in [0.15, 0.2) is 6.10 Å². The van der Waals surface area contributed by atoms with Crippen molar-refractivity contribution < 1.29 is 38.1 Å². The summed E-state index contributed by atoms with van der Waals surface area (Å²) in [5.74, 6) is -0.391. The summed E-state index contributed by atoms with van der Waals surface area (Å²) in [5, 5.41) is 0. The van der Waals surface area contributed by atoms with Gasteiger partial charge >= 0.3 is 18.3 Å². The van der Waals surface area contributed by atoms with E-state index in [9.17, 15) is 14.4 Å². The van der Waals surface area contributed by atoms with Crippen LogP contribution in [0.15, 0.2) is 24.3 Å². The average molecular weight is 471 g/mol. The zero-order valence-corrected chi connectivity index (χ0v) is 20.6. The fourth-order valence-corrected chi connectivity index (χ4v) is 2.86. The van der Waals surface area contributed by atoms with Crippen LogP contribution in [0.5, 0.6) is 0 Å². The molecular formula is C25H42O8. The number of rotatable bonds is 19. The summed E-state index contributed by atoms with van der Waals surface area (Å²) in [6.45, 7) is 1.68. The van der Waals surface area contributed by atoms with Crippen molar-refractivity contribution >= 4 is 18.3 Å². The van der Waals surface area contributed by atoms with Crippen LogP contribution >= 0.6 is 0 Å². The fourth-order valence-electron chi connectivity index (χ4n) is 2.86. The second kappa shape index (κ2) is 22.7. The second-order valence-electron chi connectivity index (χ2n) is 7.62. The number of ether oxygens (including phenoxy) is 5. The Kier molecular flexibility index (Phi) is 21.0. The highest BCUT2D eigenvalue weighted by Crippen LogP contribution is 2.09. The summed E-state index contributed by atoms with van der Waals surface area (Å²) >= 11 is 0. The largest absolute Gasteiger partial charge is 0.508 e. The van der Waals surface area contributed by atoms with Crippen molar-refractivity contribution in [1.82, 2.24) is 0 Å². The van der Waals surface area contributed by atoms with E-state index in [2.05, 4.69) is 40.7 Å². The molecule has 0 aromatic heterocycles. The van der Waals surface area contributed by atoms with Crippen molar-refractivity contribution in [3.63, 3.8) is 0 Å². The highest BCUT2D eigenvalue weighted by atomic mass is 16.8. The topological polar surface area (TPSA) is 97.4 Å². The van der Waals surface area contributed by atoms with Gasteiger partial charge in [0, 0.05) is 6.42 Å². The minimum absolute atomic E-state index is 0.231. The number of methoxy groups -OCH3 is 2. The molecule has 0 aliphatic heterocycles. The van der Waals surface area contributed by atoms with Gasteiger partial charge in [-0.1, -0.05) is 63.3 Å². The van der Waals surface area contributed by atoms with Crippen LogP contribution in [0.25, 0.3) is 0 Å². The smallest absolute Gasteiger partial charge is 0.462 e. The number of hydrogen-bond acceptors (Lipinski definition) is 8. The van der Waals surface area contributed by atoms with Gasteiger partial charge in [0.2, 0.25) is 0 Å². The minimum Gasteiger partial charge on any atom is -0.462 e. The predicted molar refractivity (Wildman–Crippen MR) is 126 cm³/mol. The molecule has 33 heavy (non-hydrogen) atoms. The zero-order chi connectivity index (χ0) is 24.6. The molecule has 8 heteroatoms. The van der Waals surface area contributed by atoms with Gasteiger partial charge in [-0.15, -0.1) is 0 Å². The monoisotopic (exact) mass is 470 g/mol. The van der Waals surface area contributed by atoms with E-state index in [0.717, 1.165) is 59.2 Å². The first-order valence-corrected chi connectivity index (χ1v) is 11.9. The highest BCUT2D eigenvalue weighted by Gasteiger charge is 2.20. The van der Waals surface area contributed by atoms with Gasteiger partial charge in [-0.3, -0.25) is 4.79 Å². The molecule has 0 spiro atoms. The Labute approximate surface area is 198 Å². The summed E-state index contributed by atoms with van der Waals surface area (Å²) < 4.78 is 23.5. The van der Waals surface area contributed by atoms with Gasteiger partial charge in [0.05, 0.1) is 14.2 Å². The van der Waals surface area contributed by atoms with Gasteiger partial charge in [0.25, 0.3) is 0 Å². The first kappa shape index (κ1) is 30.5. The molecule has 1 unspecified atom stereocenters. The van der Waals surface area contributed by atoms with Crippen LogP contribution in [0.2, 0.25) is 0 Å². The summed E-state index contributed by atoms with van der Waals surface area (Å²) in [7, 11) is 2.31. The molecule has 0 rings (SSSR count). The molecule has 0 aromatic carbocycles. The van der Waals surface area contributed by atoms with Crippen LogP contribution in [0, 0.1) is 0 Å². The van der Waals surface area contributed by atoms with Crippen LogP contribution in [0.4, 0.5) is 9.59 Å². The maximum atomic E-state index is 11.9. The molecule has 0 fully saturated rings. The van der Waals surface area contributed by atoms with Crippen LogP contribution in [-0.4, -0.2) is 51.8 Å². The van der Waals surface area contributed by atoms with E-state index in [-0.39, 0.29) is 19.6 Å². The molecule has 0 aliphatic carbocycles. The van der Waals surface area contributed by atoms with Crippen LogP contribution in [0.3, 0.4) is 0 Å². The summed E-state index contributed by atoms with van der Waals surface area (Å²) in [4.78, 5) is 34.2. The number of esters is 1. The van der Waals surface area contributed by atoms with Crippen molar-refractivity contribution in [1.29, 1.82) is 0 Å². The maximum Gasteiger partial charge on any atom is 0.508 e. The Hall–Kier alpha value is -2.51. The SMILES string of the molecule is CCCCC/C=C\C/C=C\CCCCCCCC(=O)OCC(COC(=O)OC)OC(=O)OC. The fraction of sp³-hybridized carbons (Fsp3) is 0.720. The van der Waals surface area contributed by atoms with Gasteiger partial charge < -0.3 is 23.7 Å². The quantitative estimate of drug-likeness (QED) is 0.0942. The molecule has 0 saturated carbocycles. The standard InChI is InChI=1S/C25H42O8/c1-4-5-6-7-8-9-10-11-12-13-14-15-16-17-18-19-23(26)31-20-22(33-25(28)30-3)21-32-24(27)29-2/h8-9,11-12,22H,4-7,10,13-21H2,1-3H3/b9-8-,12-11-. The number of carbonyl (C=O) groups is 3. The summed E-state index contributed by atoms with van der Waals surface area (Å²) in [5.41, 5.74) is 0. The maximum absolute atomic E-state index is 11.9. The van der Waals surface area contributed by atoms with E-state index in [1.165, 1.54) is 25.7 Å². The lowest BCUT2D eigenvalue weighted by Crippen LogP contribution is -2.30. The van der Waals surface area contributed by atoms with Gasteiger partial charge in [-0.2, -0.15) is 0 Å². The number of unbranched alkanes of at least 4 members (excludes halogenated alkanes) is 8. The molecule has 0 aliphatic rings. The van der Waals surface area contributed by atoms with E-state index in [1.54, 1.807) is 0 Å². The molecule has 0 amide bonds. The van der Waals surface area contributed by atoms with Crippen molar-refractivity contribution in [3.05, 3.63) is 24.3 Å². The predicted octanol–water partition coefficient (Wildman–Crippen LogP) is 6.28. The molecule has 0 aromatic rings. The Morgan fingerprint density at radius 3 is 1.91 bits per heavy atom. The zero-order valence-electron chi connectivity index (χ0n) is 20.6. The lowest BCUT2D eigenvalue weighted by atomic mass is 10.1. The Balaban J connectivity index is 3.77. The van der Waals surface area contributed by atoms with Gasteiger partial charge in [-0.25, -0.2) is 9.59 Å². The molecule has 0 heterocycles. The lowest BCUT2D eigenvalue weighted by Gasteiger charge is -2.16. The van der Waals surface area contributed by atoms with Gasteiger partial charge in [-0.05, 0) is 38.5 Å². The Morgan fingerprint density at radius 2 is 1.27 bits per heavy atom. The van der Waals surface area contributed by atoms with Gasteiger partial charge in [0.1, 0.15) is 13.2 Å². The van der Waals surface area contributed by atoms with E-state index in [4.69, 9.17) is 14.2 Å². The third-order valence-electron chi connectivity index (χ3n) is 4.75. The van der Waals surface area contributed by atoms with E-state index in [0.29, 0.717) is 0 Å². The minimum atomic E-state index is -0.967. The second-order valence-corrected chi connectivity index (χ2v) is 7.62. The van der Waals surface area contributed by atoms with Crippen LogP contribution in [0.1, 0.15) is 84.0 Å². The number of allylic oxidation sites excluding steroid dienone is 4. The molecule has 190 valence electrons. The van der Waals surface area contributed by atoms with Crippen molar-refractivity contribution in [2.75, 3.05) is 27.4 Å². The normalized spacial score (nSPS) is 12.0. The highest BCUT2D eigenvalue weighted by molar-refractivity contribution is 5.69. The Morgan fingerprint density at radius 1 is 0.697 bits per heavy atom. The first-order valence-electron chi connectivity index (χ1n) is 11.9. The van der Waals surface area contributed by atoms with Crippen molar-refractivity contribution in [2.45, 2.75) is 90.1 Å². The molecule has 0 radical (unpaired) electrons. The molecule has 0 saturated heterocycles.